The summed E-state index contributed by atoms with van der Waals surface area (Å²) in [6.07, 6.45) is 5.50. The highest BCUT2D eigenvalue weighted by Crippen LogP contribution is 2.50. The number of rotatable bonds is 7. The number of aromatic nitrogens is 6. The zero-order valence-corrected chi connectivity index (χ0v) is 36.0. The molecular formula is C60H38N6O. The molecule has 0 aliphatic rings. The number of pyridine rings is 1. The highest BCUT2D eigenvalue weighted by atomic mass is 16.5. The first-order valence-electron chi connectivity index (χ1n) is 22.6. The SMILES string of the molecule is [c-]1n(-c2ccccc2)c2ccccc2[n+]1-c1cccc(Oc2ccc3c4c5c(c6ccccc6n5-c5ccccc5)c5c6ccccc6n(-c6ccccc6)c5c4n(-c4ccccn4)c3c2)c1. The highest BCUT2D eigenvalue weighted by Gasteiger charge is 2.29. The maximum atomic E-state index is 6.92. The van der Waals surface area contributed by atoms with Gasteiger partial charge in [-0.3, -0.25) is 13.7 Å². The maximum Gasteiger partial charge on any atom is 0.269 e. The van der Waals surface area contributed by atoms with Crippen molar-refractivity contribution >= 4 is 76.5 Å². The zero-order chi connectivity index (χ0) is 44.0. The van der Waals surface area contributed by atoms with Gasteiger partial charge in [-0.05, 0) is 91.0 Å². The molecule has 0 N–H and O–H groups in total. The number of ether oxygens (including phenoxy) is 1. The summed E-state index contributed by atoms with van der Waals surface area (Å²) in [5.74, 6) is 2.24. The van der Waals surface area contributed by atoms with Crippen LogP contribution in [-0.4, -0.2) is 23.3 Å². The minimum atomic E-state index is 0.713. The molecule has 14 aromatic rings. The fourth-order valence-electron chi connectivity index (χ4n) is 10.5. The summed E-state index contributed by atoms with van der Waals surface area (Å²) in [6, 6.07) is 78.8. The Morgan fingerprint density at radius 2 is 0.940 bits per heavy atom. The molecule has 0 saturated carbocycles. The van der Waals surface area contributed by atoms with Crippen LogP contribution in [0.15, 0.2) is 231 Å². The standard InChI is InChI=1S/C60H38N6O/c1-4-19-40(20-5-1)62-39-63(52-32-15-14-31-51(52)62)43-25-18-26-44(37-43)67-45-34-35-48-53(38-45)66(54-33-16-17-36-61-54)60-57(48)58-55(46-27-10-12-29-49(46)64(58)41-21-6-2-7-22-41)56-47-28-11-13-30-50(47)65(59(56)60)42-23-8-3-9-24-42/h1-38H. The van der Waals surface area contributed by atoms with Crippen LogP contribution < -0.4 is 9.30 Å². The Morgan fingerprint density at radius 1 is 0.388 bits per heavy atom. The molecule has 0 aliphatic carbocycles. The molecule has 9 aromatic carbocycles. The van der Waals surface area contributed by atoms with E-state index in [-0.39, 0.29) is 0 Å². The van der Waals surface area contributed by atoms with Crippen molar-refractivity contribution in [1.82, 2.24) is 23.3 Å². The van der Waals surface area contributed by atoms with Gasteiger partial charge in [0.05, 0.1) is 55.5 Å². The lowest BCUT2D eigenvalue weighted by molar-refractivity contribution is -0.572. The largest absolute Gasteiger partial charge is 0.458 e. The van der Waals surface area contributed by atoms with Gasteiger partial charge in [-0.15, -0.1) is 0 Å². The summed E-state index contributed by atoms with van der Waals surface area (Å²) in [7, 11) is 0. The quantitative estimate of drug-likeness (QED) is 0.118. The Hall–Kier alpha value is -9.20. The smallest absolute Gasteiger partial charge is 0.269 e. The predicted octanol–water partition coefficient (Wildman–Crippen LogP) is 14.2. The normalized spacial score (nSPS) is 11.9. The molecular weight excluding hydrogens is 821 g/mol. The molecule has 5 heterocycles. The molecule has 14 rings (SSSR count). The molecule has 0 atom stereocenters. The molecule has 0 saturated heterocycles. The lowest BCUT2D eigenvalue weighted by Gasteiger charge is -2.14. The molecule has 0 spiro atoms. The van der Waals surface area contributed by atoms with Crippen LogP contribution in [0.3, 0.4) is 0 Å². The second kappa shape index (κ2) is 14.7. The van der Waals surface area contributed by atoms with Gasteiger partial charge in [-0.1, -0.05) is 127 Å². The number of para-hydroxylation sites is 7. The van der Waals surface area contributed by atoms with Crippen molar-refractivity contribution in [3.8, 4) is 40.1 Å². The monoisotopic (exact) mass is 858 g/mol. The summed E-state index contributed by atoms with van der Waals surface area (Å²) in [5, 5.41) is 7.03. The molecule has 0 bridgehead atoms. The van der Waals surface area contributed by atoms with Crippen LogP contribution in [0.25, 0.3) is 105 Å². The zero-order valence-electron chi connectivity index (χ0n) is 36.0. The van der Waals surface area contributed by atoms with E-state index in [1.54, 1.807) is 0 Å². The number of nitrogens with zero attached hydrogens (tertiary/aromatic N) is 6. The maximum absolute atomic E-state index is 6.92. The van der Waals surface area contributed by atoms with E-state index >= 15 is 0 Å². The van der Waals surface area contributed by atoms with Crippen molar-refractivity contribution in [3.05, 3.63) is 237 Å². The Bertz CT molecular complexity index is 4220. The molecule has 314 valence electrons. The molecule has 5 aromatic heterocycles. The number of imidazole rings is 1. The fraction of sp³-hybridized carbons (Fsp3) is 0. The van der Waals surface area contributed by atoms with Crippen LogP contribution in [-0.2, 0) is 0 Å². The average molecular weight is 859 g/mol. The first-order valence-corrected chi connectivity index (χ1v) is 22.6. The van der Waals surface area contributed by atoms with Gasteiger partial charge in [-0.25, -0.2) is 4.98 Å². The van der Waals surface area contributed by atoms with Crippen molar-refractivity contribution < 1.29 is 9.30 Å². The summed E-state index contributed by atoms with van der Waals surface area (Å²) < 4.78 is 18.4. The van der Waals surface area contributed by atoms with E-state index < -0.39 is 0 Å². The lowest BCUT2D eigenvalue weighted by Crippen LogP contribution is -2.29. The van der Waals surface area contributed by atoms with Gasteiger partial charge < -0.3 is 13.9 Å². The Balaban J connectivity index is 1.07. The van der Waals surface area contributed by atoms with Gasteiger partial charge in [-0.2, -0.15) is 0 Å². The third-order valence-electron chi connectivity index (χ3n) is 13.2. The van der Waals surface area contributed by atoms with Crippen LogP contribution in [0.5, 0.6) is 11.5 Å². The van der Waals surface area contributed by atoms with E-state index in [9.17, 15) is 0 Å². The first-order chi connectivity index (χ1) is 33.3. The van der Waals surface area contributed by atoms with Crippen LogP contribution in [0.1, 0.15) is 0 Å². The van der Waals surface area contributed by atoms with Gasteiger partial charge in [0.1, 0.15) is 17.3 Å². The second-order valence-electron chi connectivity index (χ2n) is 16.9. The van der Waals surface area contributed by atoms with E-state index in [1.165, 1.54) is 21.5 Å². The topological polar surface area (TPSA) is 45.7 Å². The van der Waals surface area contributed by atoms with Crippen molar-refractivity contribution in [2.75, 3.05) is 0 Å². The van der Waals surface area contributed by atoms with E-state index in [4.69, 9.17) is 9.72 Å². The first kappa shape index (κ1) is 37.2. The van der Waals surface area contributed by atoms with Gasteiger partial charge in [0.2, 0.25) is 0 Å². The van der Waals surface area contributed by atoms with E-state index in [2.05, 4.69) is 229 Å². The number of fused-ring (bicyclic) bond motifs is 13. The fourth-order valence-corrected chi connectivity index (χ4v) is 10.5. The molecule has 0 aliphatic heterocycles. The van der Waals surface area contributed by atoms with Gasteiger partial charge in [0.25, 0.3) is 6.33 Å². The third-order valence-corrected chi connectivity index (χ3v) is 13.2. The van der Waals surface area contributed by atoms with E-state index in [0.717, 1.165) is 83.5 Å². The van der Waals surface area contributed by atoms with Gasteiger partial charge in [0.15, 0.2) is 0 Å². The second-order valence-corrected chi connectivity index (χ2v) is 16.9. The Kier molecular flexibility index (Phi) is 8.15. The predicted molar refractivity (Wildman–Crippen MR) is 271 cm³/mol. The summed E-state index contributed by atoms with van der Waals surface area (Å²) >= 11 is 0. The molecule has 0 amide bonds. The lowest BCUT2D eigenvalue weighted by atomic mass is 10.0. The molecule has 7 heteroatoms. The Morgan fingerprint density at radius 3 is 1.63 bits per heavy atom. The van der Waals surface area contributed by atoms with Gasteiger partial charge >= 0.3 is 0 Å². The average Bonchev–Trinajstić information content (AvgIpc) is 4.14. The summed E-state index contributed by atoms with van der Waals surface area (Å²) in [5.41, 5.74) is 12.9. The van der Waals surface area contributed by atoms with Crippen LogP contribution in [0.2, 0.25) is 0 Å². The molecule has 67 heavy (non-hydrogen) atoms. The van der Waals surface area contributed by atoms with Crippen molar-refractivity contribution in [3.63, 3.8) is 0 Å². The number of benzene rings is 9. The molecule has 0 unspecified atom stereocenters. The Labute approximate surface area is 384 Å². The molecule has 7 nitrogen and oxygen atoms in total. The molecule has 0 radical (unpaired) electrons. The number of hydrogen-bond acceptors (Lipinski definition) is 2. The summed E-state index contributed by atoms with van der Waals surface area (Å²) in [6.45, 7) is 0. The summed E-state index contributed by atoms with van der Waals surface area (Å²) in [4.78, 5) is 5.09. The van der Waals surface area contributed by atoms with Crippen molar-refractivity contribution in [2.24, 2.45) is 0 Å². The highest BCUT2D eigenvalue weighted by molar-refractivity contribution is 6.40. The van der Waals surface area contributed by atoms with E-state index in [0.29, 0.717) is 11.5 Å². The van der Waals surface area contributed by atoms with Crippen molar-refractivity contribution in [2.45, 2.75) is 0 Å². The van der Waals surface area contributed by atoms with E-state index in [1.807, 2.05) is 30.5 Å². The van der Waals surface area contributed by atoms with Crippen molar-refractivity contribution in [1.29, 1.82) is 0 Å². The van der Waals surface area contributed by atoms with Crippen LogP contribution >= 0.6 is 0 Å². The molecule has 0 fully saturated rings. The third kappa shape index (κ3) is 5.58. The van der Waals surface area contributed by atoms with Gasteiger partial charge in [0, 0.05) is 56.0 Å². The van der Waals surface area contributed by atoms with Crippen LogP contribution in [0, 0.1) is 6.33 Å². The van der Waals surface area contributed by atoms with Crippen LogP contribution in [0.4, 0.5) is 0 Å². The number of hydrogen-bond donors (Lipinski definition) is 0. The minimum absolute atomic E-state index is 0.713. The minimum Gasteiger partial charge on any atom is -0.458 e.